The van der Waals surface area contributed by atoms with Crippen LogP contribution in [0.1, 0.15) is 62.3 Å². The van der Waals surface area contributed by atoms with Gasteiger partial charge < -0.3 is 57.9 Å². The molecule has 66 heavy (non-hydrogen) atoms. The van der Waals surface area contributed by atoms with Crippen molar-refractivity contribution in [1.29, 1.82) is 16.2 Å². The minimum atomic E-state index is -0.333. The van der Waals surface area contributed by atoms with Crippen LogP contribution in [0.25, 0.3) is 0 Å². The highest BCUT2D eigenvalue weighted by Gasteiger charge is 2.33. The molecule has 4 saturated heterocycles. The Hall–Kier alpha value is -3.58. The maximum Gasteiger partial charge on any atom is 0.219 e. The Labute approximate surface area is 408 Å². The summed E-state index contributed by atoms with van der Waals surface area (Å²) in [5.74, 6) is 3.24. The third-order valence-electron chi connectivity index (χ3n) is 12.1. The third-order valence-corrected chi connectivity index (χ3v) is 14.0. The summed E-state index contributed by atoms with van der Waals surface area (Å²) in [7, 11) is 0. The Morgan fingerprint density at radius 3 is 1.95 bits per heavy atom. The largest absolute Gasteiger partial charge is 0.397 e. The first-order valence-electron chi connectivity index (χ1n) is 23.0. The number of anilines is 2. The van der Waals surface area contributed by atoms with Crippen molar-refractivity contribution < 1.29 is 14.6 Å². The number of guanidine groups is 1. The Morgan fingerprint density at radius 1 is 0.909 bits per heavy atom. The van der Waals surface area contributed by atoms with Crippen molar-refractivity contribution in [3.05, 3.63) is 44.8 Å². The molecule has 0 bridgehead atoms. The minimum Gasteiger partial charge on any atom is -0.397 e. The topological polar surface area (TPSA) is 289 Å². The predicted molar refractivity (Wildman–Crippen MR) is 279 cm³/mol. The van der Waals surface area contributed by atoms with Crippen LogP contribution in [0.2, 0.25) is 0 Å². The highest BCUT2D eigenvalue weighted by molar-refractivity contribution is 7.85. The van der Waals surface area contributed by atoms with Gasteiger partial charge in [0.2, 0.25) is 5.95 Å². The molecule has 3 atom stereocenters. The molecule has 0 spiro atoms. The van der Waals surface area contributed by atoms with Crippen LogP contribution in [-0.4, -0.2) is 183 Å². The number of thiophene rings is 1. The summed E-state index contributed by atoms with van der Waals surface area (Å²) in [4.78, 5) is 24.5. The molecule has 5 fully saturated rings. The van der Waals surface area contributed by atoms with Crippen molar-refractivity contribution in [3.63, 3.8) is 0 Å². The lowest BCUT2D eigenvalue weighted by Gasteiger charge is -2.40. The van der Waals surface area contributed by atoms with Gasteiger partial charge in [-0.15, -0.1) is 24.0 Å². The fourth-order valence-corrected chi connectivity index (χ4v) is 9.95. The lowest BCUT2D eigenvalue weighted by molar-refractivity contribution is 0.0680. The van der Waals surface area contributed by atoms with E-state index in [0.29, 0.717) is 50.4 Å². The van der Waals surface area contributed by atoms with E-state index in [1.165, 1.54) is 36.5 Å². The average molecular weight is 977 g/mol. The van der Waals surface area contributed by atoms with E-state index in [1.807, 2.05) is 0 Å². The van der Waals surface area contributed by atoms with Gasteiger partial charge in [0.05, 0.1) is 49.2 Å². The fraction of sp³-hybridized carbons (Fsp3) is 0.682. The van der Waals surface area contributed by atoms with Crippen LogP contribution in [0.15, 0.2) is 34.4 Å². The van der Waals surface area contributed by atoms with Gasteiger partial charge in [-0.25, -0.2) is 15.0 Å². The van der Waals surface area contributed by atoms with Gasteiger partial charge in [0.15, 0.2) is 11.8 Å². The van der Waals surface area contributed by atoms with E-state index in [9.17, 15) is 0 Å². The Balaban J connectivity index is 0.000000271. The van der Waals surface area contributed by atoms with Crippen LogP contribution in [0, 0.1) is 34.0 Å². The molecule has 19 nitrogen and oxygen atoms in total. The van der Waals surface area contributed by atoms with Gasteiger partial charge in [0.1, 0.15) is 11.7 Å². The summed E-state index contributed by atoms with van der Waals surface area (Å²) in [6.45, 7) is 24.4. The fourth-order valence-electron chi connectivity index (χ4n) is 8.36. The summed E-state index contributed by atoms with van der Waals surface area (Å²) in [6.07, 6.45) is 10.6. The first-order valence-corrected chi connectivity index (χ1v) is 25.1. The first-order chi connectivity index (χ1) is 31.6. The molecule has 7 rings (SSSR count). The van der Waals surface area contributed by atoms with E-state index in [1.54, 1.807) is 17.6 Å². The molecule has 3 unspecified atom stereocenters. The summed E-state index contributed by atoms with van der Waals surface area (Å²) < 4.78 is 10.9. The maximum absolute atomic E-state index is 8.56. The molecule has 0 amide bonds. The van der Waals surface area contributed by atoms with Gasteiger partial charge in [-0.2, -0.15) is 12.6 Å². The Bertz CT molecular complexity index is 1800. The highest BCUT2D eigenvalue weighted by Crippen LogP contribution is 2.40. The molecule has 2 aromatic heterocycles. The molecule has 372 valence electrons. The third kappa shape index (κ3) is 18.5. The van der Waals surface area contributed by atoms with Crippen molar-refractivity contribution >= 4 is 71.7 Å². The second-order valence-corrected chi connectivity index (χ2v) is 18.6. The molecule has 14 N–H and O–H groups in total. The van der Waals surface area contributed by atoms with Crippen LogP contribution in [0.5, 0.6) is 0 Å². The first kappa shape index (κ1) is 56.7. The van der Waals surface area contributed by atoms with Crippen LogP contribution < -0.4 is 33.6 Å². The number of aliphatic hydroxyl groups is 1. The molecule has 1 aliphatic carbocycles. The Kier molecular flexibility index (Phi) is 25.8. The van der Waals surface area contributed by atoms with Gasteiger partial charge in [0.25, 0.3) is 0 Å². The number of hydrogen-bond acceptors (Lipinski definition) is 17. The van der Waals surface area contributed by atoms with Gasteiger partial charge >= 0.3 is 0 Å². The number of amidine groups is 3. The van der Waals surface area contributed by atoms with Crippen molar-refractivity contribution in [2.24, 2.45) is 34.2 Å². The number of rotatable bonds is 9. The number of aliphatic imine (C=N–C) groups is 1. The number of morpholine rings is 2. The summed E-state index contributed by atoms with van der Waals surface area (Å²) in [5, 5.41) is 38.2. The van der Waals surface area contributed by atoms with Crippen LogP contribution in [-0.2, 0) is 15.0 Å². The Morgan fingerprint density at radius 2 is 1.44 bits per heavy atom. The molecule has 1 saturated carbocycles. The maximum atomic E-state index is 8.56. The number of hydrogen-bond donors (Lipinski definition) is 12. The van der Waals surface area contributed by atoms with Crippen molar-refractivity contribution in [3.8, 4) is 0 Å². The minimum absolute atomic E-state index is 0.0512. The summed E-state index contributed by atoms with van der Waals surface area (Å²) in [5.41, 5.74) is 22.0. The number of thiol groups is 2. The number of ether oxygens (including phenoxy) is 2. The summed E-state index contributed by atoms with van der Waals surface area (Å²) >= 11 is 10.00. The zero-order valence-corrected chi connectivity index (χ0v) is 42.5. The van der Waals surface area contributed by atoms with Gasteiger partial charge in [0, 0.05) is 113 Å². The standard InChI is InChI=1S/C20H30N6OS.C16H27N5OS.C6H14N2O.CH5N3.CH4S/c1-3-15-9-14(8-13(15)2)10-17(28)19(26-4-6-27-7-5-26)25-18(21)16-11-23-20(22)24-12-16;1-16(2,21-5-3-19-4-6-21)13-11-12(17)14(23-13)15(18)20-7-9-22-10-8-20;9-6-5-8-3-1-7-2-4-8;2-1(3)4;1-2/h10-15,21,28H,3-9H2,1-2H3,(H2,22,23,24);11,18-19H,3-10,17H2,1-2H3;7,9H,1-6H2;(H5,2,3,4);2H,1H3/b17-10-,21-18?,25-19?;;;;. The smallest absolute Gasteiger partial charge is 0.219 e. The lowest BCUT2D eigenvalue weighted by Crippen LogP contribution is -2.51. The van der Waals surface area contributed by atoms with Crippen LogP contribution in [0.4, 0.5) is 11.6 Å². The molecule has 0 radical (unpaired) electrons. The number of nitrogens with zero attached hydrogens (tertiary/aromatic N) is 7. The van der Waals surface area contributed by atoms with E-state index in [-0.39, 0.29) is 23.3 Å². The molecule has 5 aliphatic rings. The van der Waals surface area contributed by atoms with E-state index in [2.05, 4.69) is 109 Å². The summed E-state index contributed by atoms with van der Waals surface area (Å²) in [6, 6.07) is 2.07. The molecule has 22 heteroatoms. The number of nitrogens with one attached hydrogen (secondary N) is 5. The van der Waals surface area contributed by atoms with E-state index in [4.69, 9.17) is 54.9 Å². The normalized spacial score (nSPS) is 22.0. The number of nitrogens with two attached hydrogens (primary N) is 4. The van der Waals surface area contributed by atoms with Crippen LogP contribution in [0.3, 0.4) is 0 Å². The monoisotopic (exact) mass is 977 g/mol. The van der Waals surface area contributed by atoms with Gasteiger partial charge in [-0.1, -0.05) is 26.3 Å². The zero-order valence-electron chi connectivity index (χ0n) is 39.9. The SMILES string of the molecule is CC(C)(c1cc(N)c(C(=N)N2CCOCC2)s1)N1CCNCC1.CCC1CC(/C=C(\S)C(=NC(=N)c2cnc(N)nc2)N2CCOCC2)CC1C.CS.N=C(N)N.OCCN1CCNCC1. The second-order valence-electron chi connectivity index (χ2n) is 17.1. The number of aliphatic hydroxyl groups excluding tert-OH is 1. The number of aromatic nitrogens is 2. The molecule has 4 aliphatic heterocycles. The number of β-amino-alcohol motifs (C(OH)–C–C–N with tert-alkyl or cyclic N) is 1. The van der Waals surface area contributed by atoms with Gasteiger partial charge in [-0.3, -0.25) is 26.0 Å². The number of allylic oxidation sites excluding steroid dienone is 1. The molecular formula is C44H80N16O3S3. The second kappa shape index (κ2) is 30.0. The molecule has 6 heterocycles. The van der Waals surface area contributed by atoms with E-state index in [0.717, 1.165) is 118 Å². The van der Waals surface area contributed by atoms with E-state index < -0.39 is 0 Å². The number of nitrogen functional groups attached to an aromatic ring is 2. The molecular weight excluding hydrogens is 897 g/mol. The average Bonchev–Trinajstić information content (AvgIpc) is 3.91. The van der Waals surface area contributed by atoms with Gasteiger partial charge in [-0.05, 0) is 56.8 Å². The lowest BCUT2D eigenvalue weighted by atomic mass is 9.96. The quantitative estimate of drug-likeness (QED) is 0.0977. The molecule has 0 aromatic carbocycles. The number of piperazine rings is 2. The van der Waals surface area contributed by atoms with Crippen LogP contribution >= 0.6 is 36.6 Å². The highest BCUT2D eigenvalue weighted by atomic mass is 32.1. The predicted octanol–water partition coefficient (Wildman–Crippen LogP) is 2.40. The zero-order chi connectivity index (χ0) is 48.6. The van der Waals surface area contributed by atoms with E-state index >= 15 is 0 Å². The molecule has 2 aromatic rings. The van der Waals surface area contributed by atoms with Crippen molar-refractivity contribution in [2.75, 3.05) is 136 Å². The van der Waals surface area contributed by atoms with Crippen molar-refractivity contribution in [2.45, 2.75) is 52.5 Å². The van der Waals surface area contributed by atoms with Crippen molar-refractivity contribution in [1.82, 2.24) is 40.2 Å².